The summed E-state index contributed by atoms with van der Waals surface area (Å²) in [5.74, 6) is -0.360. The molecule has 1 N–H and O–H groups in total. The van der Waals surface area contributed by atoms with Gasteiger partial charge in [0.2, 0.25) is 0 Å². The number of benzene rings is 2. The predicted molar refractivity (Wildman–Crippen MR) is 116 cm³/mol. The van der Waals surface area contributed by atoms with Crippen LogP contribution >= 0.6 is 22.9 Å². The van der Waals surface area contributed by atoms with E-state index in [2.05, 4.69) is 10.4 Å². The molecule has 9 heteroatoms. The second-order valence-electron chi connectivity index (χ2n) is 6.77. The van der Waals surface area contributed by atoms with E-state index in [0.717, 1.165) is 11.6 Å². The molecular formula is C22H15ClF3N3OS. The molecule has 0 unspecified atom stereocenters. The zero-order valence-corrected chi connectivity index (χ0v) is 17.6. The summed E-state index contributed by atoms with van der Waals surface area (Å²) in [7, 11) is 0. The molecule has 2 aromatic carbocycles. The van der Waals surface area contributed by atoms with Gasteiger partial charge in [0.15, 0.2) is 5.69 Å². The summed E-state index contributed by atoms with van der Waals surface area (Å²) in [4.78, 5) is 13.2. The molecule has 0 aliphatic carbocycles. The Morgan fingerprint density at radius 2 is 1.84 bits per heavy atom. The lowest BCUT2D eigenvalue weighted by Gasteiger charge is -2.09. The number of aromatic nitrogens is 2. The summed E-state index contributed by atoms with van der Waals surface area (Å²) in [5.41, 5.74) is 1.55. The fourth-order valence-corrected chi connectivity index (χ4v) is 3.85. The van der Waals surface area contributed by atoms with Gasteiger partial charge in [0, 0.05) is 16.3 Å². The van der Waals surface area contributed by atoms with Gasteiger partial charge in [0.1, 0.15) is 0 Å². The first-order valence-corrected chi connectivity index (χ1v) is 10.4. The topological polar surface area (TPSA) is 46.9 Å². The van der Waals surface area contributed by atoms with Gasteiger partial charge in [-0.05, 0) is 66.4 Å². The first-order valence-electron chi connectivity index (χ1n) is 9.11. The Morgan fingerprint density at radius 3 is 2.45 bits per heavy atom. The third kappa shape index (κ3) is 4.50. The van der Waals surface area contributed by atoms with Crippen molar-refractivity contribution in [2.24, 2.45) is 0 Å². The zero-order chi connectivity index (χ0) is 22.2. The largest absolute Gasteiger partial charge is 0.435 e. The van der Waals surface area contributed by atoms with E-state index in [0.29, 0.717) is 32.5 Å². The number of anilines is 1. The van der Waals surface area contributed by atoms with E-state index in [9.17, 15) is 18.0 Å². The molecule has 0 spiro atoms. The highest BCUT2D eigenvalue weighted by atomic mass is 35.5. The second kappa shape index (κ2) is 8.20. The van der Waals surface area contributed by atoms with Gasteiger partial charge in [0.05, 0.1) is 16.3 Å². The van der Waals surface area contributed by atoms with Crippen LogP contribution in [-0.2, 0) is 6.18 Å². The molecule has 0 saturated carbocycles. The fraction of sp³-hybridized carbons (Fsp3) is 0.0909. The predicted octanol–water partition coefficient (Wildman–Crippen LogP) is 6.83. The summed E-state index contributed by atoms with van der Waals surface area (Å²) < 4.78 is 40.9. The van der Waals surface area contributed by atoms with Crippen LogP contribution in [0.5, 0.6) is 0 Å². The van der Waals surface area contributed by atoms with E-state index in [1.54, 1.807) is 47.8 Å². The number of carbonyl (C=O) groups is 1. The van der Waals surface area contributed by atoms with Crippen LogP contribution in [0.15, 0.2) is 66.0 Å². The lowest BCUT2D eigenvalue weighted by molar-refractivity contribution is -0.141. The van der Waals surface area contributed by atoms with Crippen molar-refractivity contribution in [1.82, 2.24) is 9.78 Å². The molecule has 4 aromatic rings. The molecule has 4 rings (SSSR count). The van der Waals surface area contributed by atoms with Crippen LogP contribution in [0.2, 0.25) is 5.02 Å². The Bertz CT molecular complexity index is 1230. The molecule has 2 heterocycles. The summed E-state index contributed by atoms with van der Waals surface area (Å²) >= 11 is 7.40. The van der Waals surface area contributed by atoms with Gasteiger partial charge in [0.25, 0.3) is 5.91 Å². The van der Waals surface area contributed by atoms with Crippen LogP contribution in [0.4, 0.5) is 18.9 Å². The number of carbonyl (C=O) groups excluding carboxylic acids is 1. The van der Waals surface area contributed by atoms with Crippen LogP contribution in [-0.4, -0.2) is 15.7 Å². The third-order valence-corrected chi connectivity index (χ3v) is 5.88. The normalized spacial score (nSPS) is 11.5. The number of nitrogens with zero attached hydrogens (tertiary/aromatic N) is 2. The average Bonchev–Trinajstić information content (AvgIpc) is 3.40. The van der Waals surface area contributed by atoms with E-state index in [1.807, 2.05) is 6.92 Å². The molecular weight excluding hydrogens is 447 g/mol. The minimum Gasteiger partial charge on any atom is -0.322 e. The van der Waals surface area contributed by atoms with E-state index >= 15 is 0 Å². The minimum absolute atomic E-state index is 0.328. The maximum absolute atomic E-state index is 13.2. The lowest BCUT2D eigenvalue weighted by Crippen LogP contribution is -2.12. The Labute approximate surface area is 184 Å². The highest BCUT2D eigenvalue weighted by Crippen LogP contribution is 2.34. The molecule has 0 bridgehead atoms. The van der Waals surface area contributed by atoms with Crippen LogP contribution in [0.25, 0.3) is 16.3 Å². The molecule has 1 amide bonds. The molecule has 31 heavy (non-hydrogen) atoms. The molecule has 0 atom stereocenters. The third-order valence-electron chi connectivity index (χ3n) is 4.58. The lowest BCUT2D eigenvalue weighted by atomic mass is 10.1. The number of alkyl halides is 3. The molecule has 0 radical (unpaired) electrons. The fourth-order valence-electron chi connectivity index (χ4n) is 2.94. The van der Waals surface area contributed by atoms with Crippen molar-refractivity contribution >= 4 is 34.5 Å². The first-order chi connectivity index (χ1) is 14.7. The smallest absolute Gasteiger partial charge is 0.322 e. The Kier molecular flexibility index (Phi) is 5.60. The Balaban J connectivity index is 1.63. The van der Waals surface area contributed by atoms with Gasteiger partial charge in [-0.3, -0.25) is 4.79 Å². The number of rotatable bonds is 4. The number of aryl methyl sites for hydroxylation is 1. The van der Waals surface area contributed by atoms with E-state index in [1.165, 1.54) is 28.2 Å². The van der Waals surface area contributed by atoms with Gasteiger partial charge in [-0.25, -0.2) is 4.68 Å². The molecule has 2 aromatic heterocycles. The van der Waals surface area contributed by atoms with Crippen molar-refractivity contribution in [3.63, 3.8) is 0 Å². The maximum atomic E-state index is 13.2. The van der Waals surface area contributed by atoms with Crippen molar-refractivity contribution in [2.45, 2.75) is 13.1 Å². The van der Waals surface area contributed by atoms with Crippen molar-refractivity contribution in [3.05, 3.63) is 87.9 Å². The van der Waals surface area contributed by atoms with E-state index in [-0.39, 0.29) is 5.91 Å². The van der Waals surface area contributed by atoms with Crippen molar-refractivity contribution in [1.29, 1.82) is 0 Å². The first kappa shape index (κ1) is 21.1. The second-order valence-corrected chi connectivity index (χ2v) is 8.12. The monoisotopic (exact) mass is 461 g/mol. The van der Waals surface area contributed by atoms with E-state index < -0.39 is 11.9 Å². The maximum Gasteiger partial charge on any atom is 0.435 e. The molecule has 4 nitrogen and oxygen atoms in total. The minimum atomic E-state index is -4.56. The number of amides is 1. The molecule has 0 fully saturated rings. The highest BCUT2D eigenvalue weighted by molar-refractivity contribution is 7.13. The number of hydrogen-bond donors (Lipinski definition) is 1. The standard InChI is InChI=1S/C22H15ClF3N3OS/c1-13-4-7-15(11-17(13)23)27-21(30)14-5-8-16(9-6-14)29-18(19-3-2-10-31-19)12-20(28-29)22(24,25)26/h2-12H,1H3,(H,27,30). The van der Waals surface area contributed by atoms with Crippen molar-refractivity contribution < 1.29 is 18.0 Å². The van der Waals surface area contributed by atoms with Crippen LogP contribution in [0.3, 0.4) is 0 Å². The summed E-state index contributed by atoms with van der Waals surface area (Å²) in [6.45, 7) is 1.86. The number of nitrogens with one attached hydrogen (secondary N) is 1. The number of hydrogen-bond acceptors (Lipinski definition) is 3. The SMILES string of the molecule is Cc1ccc(NC(=O)c2ccc(-n3nc(C(F)(F)F)cc3-c3cccs3)cc2)cc1Cl. The van der Waals surface area contributed by atoms with Crippen molar-refractivity contribution in [2.75, 3.05) is 5.32 Å². The highest BCUT2D eigenvalue weighted by Gasteiger charge is 2.35. The Hall–Kier alpha value is -3.10. The van der Waals surface area contributed by atoms with Crippen LogP contribution < -0.4 is 5.32 Å². The van der Waals surface area contributed by atoms with Gasteiger partial charge in [-0.1, -0.05) is 23.7 Å². The average molecular weight is 462 g/mol. The molecule has 0 aliphatic rings. The van der Waals surface area contributed by atoms with Crippen LogP contribution in [0.1, 0.15) is 21.6 Å². The van der Waals surface area contributed by atoms with Crippen LogP contribution in [0, 0.1) is 6.92 Å². The van der Waals surface area contributed by atoms with E-state index in [4.69, 9.17) is 11.6 Å². The summed E-state index contributed by atoms with van der Waals surface area (Å²) in [6, 6.07) is 15.9. The summed E-state index contributed by atoms with van der Waals surface area (Å²) in [6.07, 6.45) is -4.56. The van der Waals surface area contributed by atoms with Gasteiger partial charge >= 0.3 is 6.18 Å². The van der Waals surface area contributed by atoms with Gasteiger partial charge < -0.3 is 5.32 Å². The molecule has 0 saturated heterocycles. The molecule has 158 valence electrons. The van der Waals surface area contributed by atoms with Gasteiger partial charge in [-0.2, -0.15) is 18.3 Å². The summed E-state index contributed by atoms with van der Waals surface area (Å²) in [5, 5.41) is 8.82. The molecule has 0 aliphatic heterocycles. The quantitative estimate of drug-likeness (QED) is 0.362. The zero-order valence-electron chi connectivity index (χ0n) is 16.1. The van der Waals surface area contributed by atoms with Crippen molar-refractivity contribution in [3.8, 4) is 16.3 Å². The Morgan fingerprint density at radius 1 is 1.10 bits per heavy atom. The van der Waals surface area contributed by atoms with Gasteiger partial charge in [-0.15, -0.1) is 11.3 Å². The number of halogens is 4. The number of thiophene rings is 1.